The van der Waals surface area contributed by atoms with Crippen LogP contribution in [0.25, 0.3) is 0 Å². The van der Waals surface area contributed by atoms with Crippen molar-refractivity contribution in [3.8, 4) is 0 Å². The van der Waals surface area contributed by atoms with Crippen LogP contribution in [0.1, 0.15) is 25.3 Å². The van der Waals surface area contributed by atoms with Gasteiger partial charge in [-0.2, -0.15) is 0 Å². The minimum absolute atomic E-state index is 0.0646. The van der Waals surface area contributed by atoms with E-state index in [-0.39, 0.29) is 17.9 Å². The van der Waals surface area contributed by atoms with E-state index < -0.39 is 11.6 Å². The van der Waals surface area contributed by atoms with E-state index in [1.54, 1.807) is 11.9 Å². The molecule has 0 radical (unpaired) electrons. The van der Waals surface area contributed by atoms with Gasteiger partial charge in [-0.3, -0.25) is 4.79 Å². The summed E-state index contributed by atoms with van der Waals surface area (Å²) in [4.78, 5) is 14.2. The molecule has 1 fully saturated rings. The summed E-state index contributed by atoms with van der Waals surface area (Å²) in [6.45, 7) is 3.83. The summed E-state index contributed by atoms with van der Waals surface area (Å²) in [5, 5.41) is 3.22. The van der Waals surface area contributed by atoms with E-state index in [9.17, 15) is 13.6 Å². The molecule has 1 heterocycles. The first-order chi connectivity index (χ1) is 9.48. The van der Waals surface area contributed by atoms with E-state index in [2.05, 4.69) is 5.32 Å². The molecule has 20 heavy (non-hydrogen) atoms. The van der Waals surface area contributed by atoms with Gasteiger partial charge in [0.05, 0.1) is 5.41 Å². The average Bonchev–Trinajstić information content (AvgIpc) is 2.92. The molecular weight excluding hydrogens is 262 g/mol. The highest BCUT2D eigenvalue weighted by molar-refractivity contribution is 5.83. The highest BCUT2D eigenvalue weighted by atomic mass is 19.2. The summed E-state index contributed by atoms with van der Waals surface area (Å²) in [5.41, 5.74) is 0.241. The van der Waals surface area contributed by atoms with Crippen LogP contribution < -0.4 is 5.32 Å². The van der Waals surface area contributed by atoms with Crippen molar-refractivity contribution in [1.29, 1.82) is 0 Å². The molecule has 1 unspecified atom stereocenters. The molecule has 1 aromatic carbocycles. The first kappa shape index (κ1) is 14.9. The molecule has 0 spiro atoms. The van der Waals surface area contributed by atoms with Crippen molar-refractivity contribution < 1.29 is 13.6 Å². The molecule has 1 saturated heterocycles. The van der Waals surface area contributed by atoms with E-state index in [1.807, 2.05) is 6.92 Å². The molecule has 0 saturated carbocycles. The quantitative estimate of drug-likeness (QED) is 0.919. The molecule has 0 bridgehead atoms. The third kappa shape index (κ3) is 2.82. The van der Waals surface area contributed by atoms with Crippen LogP contribution >= 0.6 is 0 Å². The van der Waals surface area contributed by atoms with E-state index in [0.717, 1.165) is 31.5 Å². The average molecular weight is 282 g/mol. The van der Waals surface area contributed by atoms with Gasteiger partial charge in [0.1, 0.15) is 0 Å². The van der Waals surface area contributed by atoms with Gasteiger partial charge in [0.15, 0.2) is 11.6 Å². The number of hydrogen-bond acceptors (Lipinski definition) is 2. The molecule has 1 aliphatic heterocycles. The van der Waals surface area contributed by atoms with Crippen LogP contribution in [-0.4, -0.2) is 30.9 Å². The van der Waals surface area contributed by atoms with Crippen LogP contribution in [-0.2, 0) is 11.3 Å². The molecule has 2 rings (SSSR count). The molecule has 1 atom stereocenters. The lowest BCUT2D eigenvalue weighted by Gasteiger charge is -2.31. The fourth-order valence-electron chi connectivity index (χ4n) is 2.77. The van der Waals surface area contributed by atoms with Crippen molar-refractivity contribution >= 4 is 5.91 Å². The van der Waals surface area contributed by atoms with Crippen LogP contribution in [0.3, 0.4) is 0 Å². The fraction of sp³-hybridized carbons (Fsp3) is 0.533. The number of hydrogen-bond donors (Lipinski definition) is 1. The Balaban J connectivity index is 2.09. The molecule has 0 aromatic heterocycles. The number of rotatable bonds is 4. The van der Waals surface area contributed by atoms with Gasteiger partial charge in [0.25, 0.3) is 0 Å². The highest BCUT2D eigenvalue weighted by Crippen LogP contribution is 2.31. The van der Waals surface area contributed by atoms with Crippen LogP contribution in [0, 0.1) is 17.0 Å². The standard InChI is InChI=1S/C15H20F2N2O/c1-3-15(6-7-18-10-15)14(20)19(2)9-11-4-5-12(16)13(17)8-11/h4-5,8,18H,3,6-7,9-10H2,1-2H3. The third-order valence-corrected chi connectivity index (χ3v) is 4.12. The second kappa shape index (κ2) is 5.87. The Bertz CT molecular complexity index is 499. The van der Waals surface area contributed by atoms with Crippen LogP contribution in [0.15, 0.2) is 18.2 Å². The maximum atomic E-state index is 13.2. The van der Waals surface area contributed by atoms with Crippen LogP contribution in [0.4, 0.5) is 8.78 Å². The van der Waals surface area contributed by atoms with Gasteiger partial charge in [0.2, 0.25) is 5.91 Å². The minimum atomic E-state index is -0.879. The Hall–Kier alpha value is -1.49. The molecule has 5 heteroatoms. The van der Waals surface area contributed by atoms with Crippen molar-refractivity contribution in [1.82, 2.24) is 10.2 Å². The Kier molecular flexibility index (Phi) is 4.38. The summed E-state index contributed by atoms with van der Waals surface area (Å²) >= 11 is 0. The maximum absolute atomic E-state index is 13.2. The van der Waals surface area contributed by atoms with Gasteiger partial charge in [0, 0.05) is 20.1 Å². The van der Waals surface area contributed by atoms with Crippen LogP contribution in [0.2, 0.25) is 0 Å². The first-order valence-electron chi connectivity index (χ1n) is 6.89. The maximum Gasteiger partial charge on any atom is 0.230 e. The number of carbonyl (C=O) groups is 1. The number of halogens is 2. The molecular formula is C15H20F2N2O. The molecule has 1 aromatic rings. The van der Waals surface area contributed by atoms with Crippen molar-refractivity contribution in [2.75, 3.05) is 20.1 Å². The topological polar surface area (TPSA) is 32.3 Å². The van der Waals surface area contributed by atoms with E-state index >= 15 is 0 Å². The summed E-state index contributed by atoms with van der Waals surface area (Å²) < 4.78 is 26.1. The van der Waals surface area contributed by atoms with Crippen molar-refractivity contribution in [2.45, 2.75) is 26.3 Å². The summed E-state index contributed by atoms with van der Waals surface area (Å²) in [6, 6.07) is 3.74. The van der Waals surface area contributed by atoms with E-state index in [1.165, 1.54) is 6.07 Å². The van der Waals surface area contributed by atoms with Gasteiger partial charge < -0.3 is 10.2 Å². The monoisotopic (exact) mass is 282 g/mol. The van der Waals surface area contributed by atoms with Gasteiger partial charge in [-0.05, 0) is 37.1 Å². The number of nitrogens with zero attached hydrogens (tertiary/aromatic N) is 1. The zero-order chi connectivity index (χ0) is 14.8. The molecule has 1 N–H and O–H groups in total. The Labute approximate surface area is 118 Å². The Morgan fingerprint density at radius 3 is 2.70 bits per heavy atom. The number of benzene rings is 1. The SMILES string of the molecule is CCC1(C(=O)N(C)Cc2ccc(F)c(F)c2)CCNC1. The number of amides is 1. The smallest absolute Gasteiger partial charge is 0.230 e. The molecule has 3 nitrogen and oxygen atoms in total. The number of carbonyl (C=O) groups excluding carboxylic acids is 1. The van der Waals surface area contributed by atoms with E-state index in [4.69, 9.17) is 0 Å². The molecule has 1 aliphatic rings. The minimum Gasteiger partial charge on any atom is -0.341 e. The molecule has 110 valence electrons. The lowest BCUT2D eigenvalue weighted by Crippen LogP contribution is -2.42. The van der Waals surface area contributed by atoms with Crippen molar-refractivity contribution in [3.63, 3.8) is 0 Å². The normalized spacial score (nSPS) is 22.0. The largest absolute Gasteiger partial charge is 0.341 e. The first-order valence-corrected chi connectivity index (χ1v) is 6.89. The molecule has 0 aliphatic carbocycles. The highest BCUT2D eigenvalue weighted by Gasteiger charge is 2.41. The predicted octanol–water partition coefficient (Wildman–Crippen LogP) is 2.31. The summed E-state index contributed by atoms with van der Waals surface area (Å²) in [5.74, 6) is -1.68. The Morgan fingerprint density at radius 2 is 2.15 bits per heavy atom. The van der Waals surface area contributed by atoms with Gasteiger partial charge in [-0.1, -0.05) is 13.0 Å². The second-order valence-corrected chi connectivity index (χ2v) is 5.47. The zero-order valence-electron chi connectivity index (χ0n) is 11.9. The van der Waals surface area contributed by atoms with E-state index in [0.29, 0.717) is 12.1 Å². The third-order valence-electron chi connectivity index (χ3n) is 4.12. The Morgan fingerprint density at radius 1 is 1.40 bits per heavy atom. The lowest BCUT2D eigenvalue weighted by molar-refractivity contribution is -0.140. The van der Waals surface area contributed by atoms with Crippen molar-refractivity contribution in [2.24, 2.45) is 5.41 Å². The molecule has 1 amide bonds. The van der Waals surface area contributed by atoms with Gasteiger partial charge in [-0.15, -0.1) is 0 Å². The number of nitrogens with one attached hydrogen (secondary N) is 1. The summed E-state index contributed by atoms with van der Waals surface area (Å²) in [6.07, 6.45) is 1.60. The lowest BCUT2D eigenvalue weighted by atomic mass is 9.83. The van der Waals surface area contributed by atoms with Crippen LogP contribution in [0.5, 0.6) is 0 Å². The van der Waals surface area contributed by atoms with Crippen molar-refractivity contribution in [3.05, 3.63) is 35.4 Å². The predicted molar refractivity (Wildman–Crippen MR) is 73.0 cm³/mol. The zero-order valence-corrected chi connectivity index (χ0v) is 11.9. The summed E-state index contributed by atoms with van der Waals surface area (Å²) in [7, 11) is 1.71. The van der Waals surface area contributed by atoms with Gasteiger partial charge in [-0.25, -0.2) is 8.78 Å². The second-order valence-electron chi connectivity index (χ2n) is 5.47. The van der Waals surface area contributed by atoms with Gasteiger partial charge >= 0.3 is 0 Å². The fourth-order valence-corrected chi connectivity index (χ4v) is 2.77.